The van der Waals surface area contributed by atoms with Crippen molar-refractivity contribution in [1.29, 1.82) is 0 Å². The van der Waals surface area contributed by atoms with Crippen molar-refractivity contribution in [3.63, 3.8) is 0 Å². The molecule has 0 radical (unpaired) electrons. The summed E-state index contributed by atoms with van der Waals surface area (Å²) in [5.74, 6) is 0.933. The predicted octanol–water partition coefficient (Wildman–Crippen LogP) is 2.64. The van der Waals surface area contributed by atoms with E-state index in [-0.39, 0.29) is 5.54 Å². The second-order valence-electron chi connectivity index (χ2n) is 5.85. The number of hydrogen-bond donors (Lipinski definition) is 0. The van der Waals surface area contributed by atoms with Crippen LogP contribution in [0, 0.1) is 0 Å². The van der Waals surface area contributed by atoms with E-state index < -0.39 is 0 Å². The highest BCUT2D eigenvalue weighted by Crippen LogP contribution is 2.34. The minimum absolute atomic E-state index is 0.0421. The van der Waals surface area contributed by atoms with Gasteiger partial charge in [-0.2, -0.15) is 0 Å². The second-order valence-corrected chi connectivity index (χ2v) is 5.85. The minimum Gasteiger partial charge on any atom is -0.477 e. The van der Waals surface area contributed by atoms with Crippen LogP contribution in [0.25, 0.3) is 0 Å². The smallest absolute Gasteiger partial charge is 0.203 e. The van der Waals surface area contributed by atoms with Crippen molar-refractivity contribution < 1.29 is 4.74 Å². The third-order valence-electron chi connectivity index (χ3n) is 3.70. The van der Waals surface area contributed by atoms with Gasteiger partial charge >= 0.3 is 0 Å². The van der Waals surface area contributed by atoms with Crippen molar-refractivity contribution in [2.45, 2.75) is 38.4 Å². The van der Waals surface area contributed by atoms with Gasteiger partial charge < -0.3 is 4.74 Å². The molecule has 96 valence electrons. The normalized spacial score (nSPS) is 30.5. The maximum Gasteiger partial charge on any atom is 0.203 e. The van der Waals surface area contributed by atoms with Crippen molar-refractivity contribution in [1.82, 2.24) is 4.90 Å². The summed E-state index contributed by atoms with van der Waals surface area (Å²) in [6.45, 7) is 8.26. The standard InChI is InChI=1S/C15H20N2O/c1-11(12-7-5-4-6-8-12)17-9-13(17)14-16-15(2,3)10-18-14/h4-8,11,13H,9-10H2,1-3H3/t11-,13-,17?/m1/s1. The van der Waals surface area contributed by atoms with Crippen LogP contribution in [0.3, 0.4) is 0 Å². The molecule has 3 nitrogen and oxygen atoms in total. The number of nitrogens with zero attached hydrogens (tertiary/aromatic N) is 2. The minimum atomic E-state index is -0.0421. The Morgan fingerprint density at radius 2 is 2.06 bits per heavy atom. The molecule has 1 aromatic carbocycles. The highest BCUT2D eigenvalue weighted by Gasteiger charge is 2.46. The maximum absolute atomic E-state index is 5.72. The van der Waals surface area contributed by atoms with Crippen molar-refractivity contribution in [2.24, 2.45) is 4.99 Å². The fourth-order valence-corrected chi connectivity index (χ4v) is 2.51. The van der Waals surface area contributed by atoms with Crippen LogP contribution in [0.2, 0.25) is 0 Å². The largest absolute Gasteiger partial charge is 0.477 e. The highest BCUT2D eigenvalue weighted by atomic mass is 16.5. The van der Waals surface area contributed by atoms with E-state index in [1.54, 1.807) is 0 Å². The molecule has 1 fully saturated rings. The predicted molar refractivity (Wildman–Crippen MR) is 72.8 cm³/mol. The summed E-state index contributed by atoms with van der Waals surface area (Å²) in [7, 11) is 0. The first-order valence-electron chi connectivity index (χ1n) is 6.60. The summed E-state index contributed by atoms with van der Waals surface area (Å²) in [5, 5.41) is 0. The number of aliphatic imine (C=N–C) groups is 1. The molecule has 2 aliphatic rings. The first kappa shape index (κ1) is 11.7. The van der Waals surface area contributed by atoms with Crippen LogP contribution in [0.1, 0.15) is 32.4 Å². The number of hydrogen-bond acceptors (Lipinski definition) is 3. The lowest BCUT2D eigenvalue weighted by Gasteiger charge is -2.14. The number of benzene rings is 1. The van der Waals surface area contributed by atoms with Crippen LogP contribution in [-0.2, 0) is 4.74 Å². The molecule has 0 saturated carbocycles. The Morgan fingerprint density at radius 1 is 1.33 bits per heavy atom. The molecular formula is C15H20N2O. The van der Waals surface area contributed by atoms with Gasteiger partial charge in [-0.25, -0.2) is 4.99 Å². The van der Waals surface area contributed by atoms with Crippen LogP contribution in [0.4, 0.5) is 0 Å². The van der Waals surface area contributed by atoms with Gasteiger partial charge in [-0.05, 0) is 26.3 Å². The molecule has 3 atom stereocenters. The van der Waals surface area contributed by atoms with E-state index in [0.29, 0.717) is 18.7 Å². The van der Waals surface area contributed by atoms with E-state index >= 15 is 0 Å². The van der Waals surface area contributed by atoms with E-state index in [1.807, 2.05) is 0 Å². The quantitative estimate of drug-likeness (QED) is 0.763. The summed E-state index contributed by atoms with van der Waals surface area (Å²) in [6, 6.07) is 11.4. The van der Waals surface area contributed by atoms with Crippen LogP contribution in [0.15, 0.2) is 35.3 Å². The summed E-state index contributed by atoms with van der Waals surface area (Å²) in [4.78, 5) is 7.09. The molecule has 2 heterocycles. The zero-order valence-electron chi connectivity index (χ0n) is 11.3. The fourth-order valence-electron chi connectivity index (χ4n) is 2.51. The molecule has 18 heavy (non-hydrogen) atoms. The monoisotopic (exact) mass is 244 g/mol. The van der Waals surface area contributed by atoms with Gasteiger partial charge in [-0.15, -0.1) is 0 Å². The van der Waals surface area contributed by atoms with E-state index in [4.69, 9.17) is 4.74 Å². The Labute approximate surface area is 108 Å². The Balaban J connectivity index is 1.68. The van der Waals surface area contributed by atoms with Crippen LogP contribution in [-0.4, -0.2) is 35.5 Å². The SMILES string of the molecule is C[C@H](c1ccccc1)N1C[C@@H]1C1=NC(C)(C)CO1. The molecule has 0 aromatic heterocycles. The molecule has 1 saturated heterocycles. The Kier molecular flexibility index (Phi) is 2.67. The van der Waals surface area contributed by atoms with Gasteiger partial charge in [0.25, 0.3) is 0 Å². The zero-order chi connectivity index (χ0) is 12.8. The van der Waals surface area contributed by atoms with Crippen LogP contribution < -0.4 is 0 Å². The van der Waals surface area contributed by atoms with Gasteiger partial charge in [-0.1, -0.05) is 30.3 Å². The topological polar surface area (TPSA) is 24.6 Å². The van der Waals surface area contributed by atoms with Crippen LogP contribution >= 0.6 is 0 Å². The molecule has 3 heteroatoms. The van der Waals surface area contributed by atoms with Crippen molar-refractivity contribution in [2.75, 3.05) is 13.2 Å². The van der Waals surface area contributed by atoms with Crippen molar-refractivity contribution >= 4 is 5.90 Å². The molecule has 1 unspecified atom stereocenters. The first-order chi connectivity index (χ1) is 8.57. The molecule has 3 rings (SSSR count). The summed E-state index contributed by atoms with van der Waals surface area (Å²) >= 11 is 0. The maximum atomic E-state index is 5.72. The summed E-state index contributed by atoms with van der Waals surface area (Å²) < 4.78 is 5.72. The average molecular weight is 244 g/mol. The molecule has 0 aliphatic carbocycles. The molecule has 0 bridgehead atoms. The first-order valence-corrected chi connectivity index (χ1v) is 6.60. The van der Waals surface area contributed by atoms with E-state index in [2.05, 4.69) is 61.0 Å². The lowest BCUT2D eigenvalue weighted by molar-refractivity contribution is 0.269. The summed E-state index contributed by atoms with van der Waals surface area (Å²) in [5.41, 5.74) is 1.32. The molecule has 0 amide bonds. The third-order valence-corrected chi connectivity index (χ3v) is 3.70. The van der Waals surface area contributed by atoms with Gasteiger partial charge in [0.15, 0.2) is 0 Å². The van der Waals surface area contributed by atoms with Gasteiger partial charge in [0.1, 0.15) is 6.61 Å². The molecular weight excluding hydrogens is 224 g/mol. The van der Waals surface area contributed by atoms with Gasteiger partial charge in [-0.3, -0.25) is 4.90 Å². The average Bonchev–Trinajstić information content (AvgIpc) is 3.08. The van der Waals surface area contributed by atoms with E-state index in [9.17, 15) is 0 Å². The Bertz CT molecular complexity index is 467. The van der Waals surface area contributed by atoms with E-state index in [0.717, 1.165) is 12.4 Å². The molecule has 0 spiro atoms. The van der Waals surface area contributed by atoms with Crippen LogP contribution in [0.5, 0.6) is 0 Å². The van der Waals surface area contributed by atoms with Crippen molar-refractivity contribution in [3.8, 4) is 0 Å². The summed E-state index contributed by atoms with van der Waals surface area (Å²) in [6.07, 6.45) is 0. The van der Waals surface area contributed by atoms with E-state index in [1.165, 1.54) is 5.56 Å². The molecule has 1 aromatic rings. The molecule has 2 aliphatic heterocycles. The van der Waals surface area contributed by atoms with Gasteiger partial charge in [0.2, 0.25) is 5.90 Å². The lowest BCUT2D eigenvalue weighted by Crippen LogP contribution is -2.17. The van der Waals surface area contributed by atoms with Gasteiger partial charge in [0.05, 0.1) is 11.6 Å². The second kappa shape index (κ2) is 4.09. The number of ether oxygens (including phenoxy) is 1. The fraction of sp³-hybridized carbons (Fsp3) is 0.533. The third kappa shape index (κ3) is 2.15. The lowest BCUT2D eigenvalue weighted by atomic mass is 10.1. The highest BCUT2D eigenvalue weighted by molar-refractivity contribution is 5.86. The van der Waals surface area contributed by atoms with Gasteiger partial charge in [0, 0.05) is 12.6 Å². The number of rotatable bonds is 3. The zero-order valence-corrected chi connectivity index (χ0v) is 11.3. The Hall–Kier alpha value is -1.35. The van der Waals surface area contributed by atoms with Crippen molar-refractivity contribution in [3.05, 3.63) is 35.9 Å². The Morgan fingerprint density at radius 3 is 2.67 bits per heavy atom. The molecule has 0 N–H and O–H groups in total.